The van der Waals surface area contributed by atoms with Gasteiger partial charge in [0.05, 0.1) is 0 Å². The van der Waals surface area contributed by atoms with Gasteiger partial charge in [-0.05, 0) is 16.7 Å². The number of hydrogen-bond acceptors (Lipinski definition) is 2. The van der Waals surface area contributed by atoms with Gasteiger partial charge in [0.1, 0.15) is 0 Å². The fourth-order valence-electron chi connectivity index (χ4n) is 1.73. The first kappa shape index (κ1) is 10.4. The molecular formula is C14H11O2-. The molecule has 0 amide bonds. The van der Waals surface area contributed by atoms with Gasteiger partial charge < -0.3 is 9.90 Å². The van der Waals surface area contributed by atoms with Crippen molar-refractivity contribution >= 4 is 5.97 Å². The van der Waals surface area contributed by atoms with Crippen molar-refractivity contribution in [1.82, 2.24) is 0 Å². The van der Waals surface area contributed by atoms with Crippen molar-refractivity contribution in [1.29, 1.82) is 0 Å². The van der Waals surface area contributed by atoms with Gasteiger partial charge in [-0.15, -0.1) is 0 Å². The number of carboxylic acids is 1. The van der Waals surface area contributed by atoms with E-state index >= 15 is 0 Å². The number of carboxylic acid groups (broad SMARTS) is 1. The minimum atomic E-state index is -1.05. The monoisotopic (exact) mass is 211 g/mol. The van der Waals surface area contributed by atoms with Crippen LogP contribution >= 0.6 is 0 Å². The highest BCUT2D eigenvalue weighted by Crippen LogP contribution is 2.23. The minimum absolute atomic E-state index is 0.0505. The molecule has 0 aliphatic rings. The summed E-state index contributed by atoms with van der Waals surface area (Å²) in [7, 11) is 0. The quantitative estimate of drug-likeness (QED) is 0.774. The molecule has 0 fully saturated rings. The second-order valence-corrected chi connectivity index (χ2v) is 3.57. The third-order valence-corrected chi connectivity index (χ3v) is 2.44. The summed E-state index contributed by atoms with van der Waals surface area (Å²) < 4.78 is 0. The lowest BCUT2D eigenvalue weighted by Gasteiger charge is -2.09. The molecule has 0 spiro atoms. The molecule has 0 aromatic heterocycles. The van der Waals surface area contributed by atoms with Gasteiger partial charge in [0.15, 0.2) is 0 Å². The van der Waals surface area contributed by atoms with E-state index in [1.54, 1.807) is 0 Å². The van der Waals surface area contributed by atoms with Crippen LogP contribution in [0.2, 0.25) is 0 Å². The second-order valence-electron chi connectivity index (χ2n) is 3.57. The molecule has 0 heterocycles. The lowest BCUT2D eigenvalue weighted by atomic mass is 9.98. The summed E-state index contributed by atoms with van der Waals surface area (Å²) in [6.07, 6.45) is -0.0505. The van der Waals surface area contributed by atoms with Gasteiger partial charge >= 0.3 is 0 Å². The van der Waals surface area contributed by atoms with Crippen molar-refractivity contribution in [3.8, 4) is 11.1 Å². The van der Waals surface area contributed by atoms with Crippen LogP contribution in [0.3, 0.4) is 0 Å². The van der Waals surface area contributed by atoms with Gasteiger partial charge in [-0.25, -0.2) is 0 Å². The highest BCUT2D eigenvalue weighted by molar-refractivity contribution is 5.75. The second kappa shape index (κ2) is 4.62. The van der Waals surface area contributed by atoms with Gasteiger partial charge in [0.25, 0.3) is 0 Å². The molecule has 0 saturated carbocycles. The molecule has 0 atom stereocenters. The third kappa shape index (κ3) is 2.28. The Morgan fingerprint density at radius 2 is 1.56 bits per heavy atom. The fourth-order valence-corrected chi connectivity index (χ4v) is 1.73. The first-order valence-corrected chi connectivity index (χ1v) is 5.10. The molecule has 2 aromatic rings. The summed E-state index contributed by atoms with van der Waals surface area (Å²) in [5.41, 5.74) is 2.76. The van der Waals surface area contributed by atoms with E-state index in [9.17, 15) is 9.90 Å². The Morgan fingerprint density at radius 3 is 2.25 bits per heavy atom. The predicted octanol–water partition coefficient (Wildman–Crippen LogP) is 1.65. The first-order chi connectivity index (χ1) is 7.77. The summed E-state index contributed by atoms with van der Waals surface area (Å²) in [5, 5.41) is 10.6. The van der Waals surface area contributed by atoms with E-state index in [2.05, 4.69) is 0 Å². The smallest absolute Gasteiger partial charge is 0.0458 e. The number of carbonyl (C=O) groups excluding carboxylic acids is 1. The Balaban J connectivity index is 2.44. The van der Waals surface area contributed by atoms with Crippen LogP contribution in [0.1, 0.15) is 5.56 Å². The molecule has 0 unspecified atom stereocenters. The molecule has 2 aromatic carbocycles. The summed E-state index contributed by atoms with van der Waals surface area (Å²) in [5.74, 6) is -1.05. The SMILES string of the molecule is O=C([O-])Cc1ccccc1-c1ccccc1. The van der Waals surface area contributed by atoms with E-state index in [0.29, 0.717) is 0 Å². The Hall–Kier alpha value is -2.09. The van der Waals surface area contributed by atoms with E-state index in [1.807, 2.05) is 54.6 Å². The number of carbonyl (C=O) groups is 1. The van der Waals surface area contributed by atoms with E-state index < -0.39 is 5.97 Å². The van der Waals surface area contributed by atoms with Gasteiger partial charge in [-0.3, -0.25) is 0 Å². The van der Waals surface area contributed by atoms with E-state index in [1.165, 1.54) is 0 Å². The lowest BCUT2D eigenvalue weighted by molar-refractivity contribution is -0.304. The van der Waals surface area contributed by atoms with Crippen LogP contribution in [0.5, 0.6) is 0 Å². The average Bonchev–Trinajstić information content (AvgIpc) is 2.30. The summed E-state index contributed by atoms with van der Waals surface area (Å²) in [4.78, 5) is 10.6. The molecule has 0 bridgehead atoms. The molecule has 2 nitrogen and oxygen atoms in total. The normalized spacial score (nSPS) is 10.0. The molecule has 0 aliphatic heterocycles. The zero-order valence-corrected chi connectivity index (χ0v) is 8.72. The van der Waals surface area contributed by atoms with Crippen LogP contribution in [-0.4, -0.2) is 5.97 Å². The van der Waals surface area contributed by atoms with Crippen molar-refractivity contribution in [2.24, 2.45) is 0 Å². The van der Waals surface area contributed by atoms with Crippen LogP contribution in [0.15, 0.2) is 54.6 Å². The Labute approximate surface area is 94.2 Å². The number of hydrogen-bond donors (Lipinski definition) is 0. The molecule has 0 saturated heterocycles. The standard InChI is InChI=1S/C14H12O2/c15-14(16)10-12-8-4-5-9-13(12)11-6-2-1-3-7-11/h1-9H,10H2,(H,15,16)/p-1. The zero-order valence-electron chi connectivity index (χ0n) is 8.72. The molecule has 80 valence electrons. The minimum Gasteiger partial charge on any atom is -0.550 e. The highest BCUT2D eigenvalue weighted by Gasteiger charge is 2.03. The zero-order chi connectivity index (χ0) is 11.4. The van der Waals surface area contributed by atoms with Crippen LogP contribution in [0.4, 0.5) is 0 Å². The summed E-state index contributed by atoms with van der Waals surface area (Å²) in [6.45, 7) is 0. The fraction of sp³-hybridized carbons (Fsp3) is 0.0714. The van der Waals surface area contributed by atoms with Crippen molar-refractivity contribution in [3.63, 3.8) is 0 Å². The van der Waals surface area contributed by atoms with Crippen LogP contribution in [0.25, 0.3) is 11.1 Å². The van der Waals surface area contributed by atoms with Gasteiger partial charge in [0, 0.05) is 12.4 Å². The first-order valence-electron chi connectivity index (χ1n) is 5.10. The highest BCUT2D eigenvalue weighted by atomic mass is 16.4. The lowest BCUT2D eigenvalue weighted by Crippen LogP contribution is -2.24. The summed E-state index contributed by atoms with van der Waals surface area (Å²) >= 11 is 0. The van der Waals surface area contributed by atoms with Crippen LogP contribution in [0, 0.1) is 0 Å². The summed E-state index contributed by atoms with van der Waals surface area (Å²) in [6, 6.07) is 17.2. The van der Waals surface area contributed by atoms with Crippen molar-refractivity contribution in [2.75, 3.05) is 0 Å². The average molecular weight is 211 g/mol. The van der Waals surface area contributed by atoms with Crippen molar-refractivity contribution in [2.45, 2.75) is 6.42 Å². The number of aliphatic carboxylic acids is 1. The number of rotatable bonds is 3. The third-order valence-electron chi connectivity index (χ3n) is 2.44. The van der Waals surface area contributed by atoms with E-state index in [4.69, 9.17) is 0 Å². The van der Waals surface area contributed by atoms with Crippen LogP contribution < -0.4 is 5.11 Å². The molecule has 2 rings (SSSR count). The van der Waals surface area contributed by atoms with Gasteiger partial charge in [0.2, 0.25) is 0 Å². The van der Waals surface area contributed by atoms with Crippen LogP contribution in [-0.2, 0) is 11.2 Å². The van der Waals surface area contributed by atoms with Gasteiger partial charge in [-0.1, -0.05) is 54.6 Å². The number of benzene rings is 2. The maximum Gasteiger partial charge on any atom is 0.0458 e. The Kier molecular flexibility index (Phi) is 3.01. The van der Waals surface area contributed by atoms with Crippen molar-refractivity contribution < 1.29 is 9.90 Å². The maximum absolute atomic E-state index is 10.6. The van der Waals surface area contributed by atoms with Gasteiger partial charge in [-0.2, -0.15) is 0 Å². The molecule has 0 N–H and O–H groups in total. The topological polar surface area (TPSA) is 40.1 Å². The molecule has 16 heavy (non-hydrogen) atoms. The maximum atomic E-state index is 10.6. The predicted molar refractivity (Wildman–Crippen MR) is 60.6 cm³/mol. The molecule has 2 heteroatoms. The van der Waals surface area contributed by atoms with E-state index in [0.717, 1.165) is 16.7 Å². The Morgan fingerprint density at radius 1 is 0.938 bits per heavy atom. The molecule has 0 aliphatic carbocycles. The largest absolute Gasteiger partial charge is 0.550 e. The van der Waals surface area contributed by atoms with Crippen molar-refractivity contribution in [3.05, 3.63) is 60.2 Å². The molecule has 0 radical (unpaired) electrons. The molecular weight excluding hydrogens is 200 g/mol. The Bertz CT molecular complexity index is 489. The van der Waals surface area contributed by atoms with E-state index in [-0.39, 0.29) is 6.42 Å².